The Morgan fingerprint density at radius 2 is 1.96 bits per heavy atom. The van der Waals surface area contributed by atoms with Crippen LogP contribution in [0.15, 0.2) is 29.3 Å². The van der Waals surface area contributed by atoms with Crippen molar-refractivity contribution in [2.24, 2.45) is 4.99 Å². The Morgan fingerprint density at radius 3 is 2.54 bits per heavy atom. The van der Waals surface area contributed by atoms with Gasteiger partial charge in [0.25, 0.3) is 5.91 Å². The zero-order valence-corrected chi connectivity index (χ0v) is 16.7. The fraction of sp³-hybridized carbons (Fsp3) is 0.500. The Balaban J connectivity index is 0.00000529. The molecule has 1 atom stereocenters. The Labute approximate surface area is 160 Å². The van der Waals surface area contributed by atoms with Gasteiger partial charge in [-0.3, -0.25) is 9.79 Å². The van der Waals surface area contributed by atoms with E-state index in [1.54, 1.807) is 19.2 Å². The topological polar surface area (TPSA) is 95.0 Å². The quantitative estimate of drug-likeness (QED) is 0.208. The summed E-state index contributed by atoms with van der Waals surface area (Å²) in [6.45, 7) is 6.22. The molecule has 0 spiro atoms. The molecule has 0 aromatic heterocycles. The SMILES string of the molecule is CCNC(=NCCNC(=O)c1ccc(O)cc1)NC(C)COC.I. The van der Waals surface area contributed by atoms with Gasteiger partial charge in [-0.15, -0.1) is 24.0 Å². The molecule has 1 rings (SSSR count). The highest BCUT2D eigenvalue weighted by molar-refractivity contribution is 14.0. The van der Waals surface area contributed by atoms with Gasteiger partial charge in [-0.2, -0.15) is 0 Å². The predicted octanol–water partition coefficient (Wildman–Crippen LogP) is 1.33. The van der Waals surface area contributed by atoms with Crippen LogP contribution in [0, 0.1) is 0 Å². The number of aliphatic imine (C=N–C) groups is 1. The van der Waals surface area contributed by atoms with E-state index in [1.807, 2.05) is 13.8 Å². The molecule has 0 saturated heterocycles. The zero-order valence-electron chi connectivity index (χ0n) is 14.3. The number of phenolic OH excluding ortho intramolecular Hbond substituents is 1. The third kappa shape index (κ3) is 8.92. The van der Waals surface area contributed by atoms with Crippen molar-refractivity contribution in [1.82, 2.24) is 16.0 Å². The molecule has 0 saturated carbocycles. The Hall–Kier alpha value is -1.55. The highest BCUT2D eigenvalue weighted by Gasteiger charge is 2.06. The Morgan fingerprint density at radius 1 is 1.29 bits per heavy atom. The summed E-state index contributed by atoms with van der Waals surface area (Å²) in [5, 5.41) is 18.3. The number of hydrogen-bond donors (Lipinski definition) is 4. The van der Waals surface area contributed by atoms with E-state index in [4.69, 9.17) is 4.74 Å². The van der Waals surface area contributed by atoms with Gasteiger partial charge in [0, 0.05) is 31.8 Å². The first kappa shape index (κ1) is 22.4. The maximum atomic E-state index is 11.9. The lowest BCUT2D eigenvalue weighted by Gasteiger charge is -2.17. The molecule has 8 heteroatoms. The summed E-state index contributed by atoms with van der Waals surface area (Å²) in [5.41, 5.74) is 0.505. The minimum atomic E-state index is -0.189. The summed E-state index contributed by atoms with van der Waals surface area (Å²) in [5.74, 6) is 0.638. The van der Waals surface area contributed by atoms with Crippen LogP contribution in [0.3, 0.4) is 0 Å². The van der Waals surface area contributed by atoms with E-state index in [0.29, 0.717) is 31.2 Å². The van der Waals surface area contributed by atoms with E-state index in [1.165, 1.54) is 12.1 Å². The highest BCUT2D eigenvalue weighted by Crippen LogP contribution is 2.09. The molecule has 0 heterocycles. The van der Waals surface area contributed by atoms with Crippen LogP contribution < -0.4 is 16.0 Å². The third-order valence-corrected chi connectivity index (χ3v) is 2.94. The molecular weight excluding hydrogens is 423 g/mol. The van der Waals surface area contributed by atoms with Crippen molar-refractivity contribution in [1.29, 1.82) is 0 Å². The van der Waals surface area contributed by atoms with E-state index in [9.17, 15) is 9.90 Å². The van der Waals surface area contributed by atoms with Crippen LogP contribution in [0.1, 0.15) is 24.2 Å². The minimum absolute atomic E-state index is 0. The van der Waals surface area contributed by atoms with Gasteiger partial charge in [0.2, 0.25) is 0 Å². The number of halogens is 1. The summed E-state index contributed by atoms with van der Waals surface area (Å²) in [7, 11) is 1.65. The maximum absolute atomic E-state index is 11.9. The summed E-state index contributed by atoms with van der Waals surface area (Å²) >= 11 is 0. The summed E-state index contributed by atoms with van der Waals surface area (Å²) in [4.78, 5) is 16.3. The molecular formula is C16H27IN4O3. The lowest BCUT2D eigenvalue weighted by molar-refractivity contribution is 0.0955. The highest BCUT2D eigenvalue weighted by atomic mass is 127. The molecule has 0 bridgehead atoms. The number of carbonyl (C=O) groups is 1. The first-order chi connectivity index (χ1) is 11.1. The fourth-order valence-corrected chi connectivity index (χ4v) is 1.90. The van der Waals surface area contributed by atoms with Crippen molar-refractivity contribution in [2.75, 3.05) is 33.4 Å². The van der Waals surface area contributed by atoms with Gasteiger partial charge in [-0.25, -0.2) is 0 Å². The van der Waals surface area contributed by atoms with Gasteiger partial charge < -0.3 is 25.8 Å². The number of phenols is 1. The van der Waals surface area contributed by atoms with Crippen molar-refractivity contribution < 1.29 is 14.6 Å². The number of amides is 1. The number of ether oxygens (including phenoxy) is 1. The van der Waals surface area contributed by atoms with E-state index < -0.39 is 0 Å². The van der Waals surface area contributed by atoms with Crippen LogP contribution in [-0.2, 0) is 4.74 Å². The van der Waals surface area contributed by atoms with Gasteiger partial charge >= 0.3 is 0 Å². The first-order valence-corrected chi connectivity index (χ1v) is 7.67. The Kier molecular flexibility index (Phi) is 12.0. The van der Waals surface area contributed by atoms with E-state index in [0.717, 1.165) is 6.54 Å². The first-order valence-electron chi connectivity index (χ1n) is 7.67. The second kappa shape index (κ2) is 12.8. The van der Waals surface area contributed by atoms with Gasteiger partial charge in [-0.1, -0.05) is 0 Å². The molecule has 1 unspecified atom stereocenters. The molecule has 0 aliphatic rings. The largest absolute Gasteiger partial charge is 0.508 e. The molecule has 0 aliphatic carbocycles. The maximum Gasteiger partial charge on any atom is 0.251 e. The standard InChI is InChI=1S/C16H26N4O3.HI/c1-4-17-16(20-12(2)11-23-3)19-10-9-18-15(22)13-5-7-14(21)8-6-13;/h5-8,12,21H,4,9-11H2,1-3H3,(H,18,22)(H2,17,19,20);1H. The van der Waals surface area contributed by atoms with Crippen LogP contribution in [0.2, 0.25) is 0 Å². The van der Waals surface area contributed by atoms with Crippen LogP contribution in [0.25, 0.3) is 0 Å². The van der Waals surface area contributed by atoms with Crippen molar-refractivity contribution in [3.05, 3.63) is 29.8 Å². The smallest absolute Gasteiger partial charge is 0.251 e. The van der Waals surface area contributed by atoms with Crippen LogP contribution >= 0.6 is 24.0 Å². The van der Waals surface area contributed by atoms with E-state index >= 15 is 0 Å². The lowest BCUT2D eigenvalue weighted by atomic mass is 10.2. The van der Waals surface area contributed by atoms with E-state index in [-0.39, 0.29) is 41.7 Å². The summed E-state index contributed by atoms with van der Waals surface area (Å²) < 4.78 is 5.08. The number of carbonyl (C=O) groups excluding carboxylic acids is 1. The van der Waals surface area contributed by atoms with Crippen LogP contribution in [-0.4, -0.2) is 56.4 Å². The van der Waals surface area contributed by atoms with Crippen molar-refractivity contribution in [3.8, 4) is 5.75 Å². The molecule has 24 heavy (non-hydrogen) atoms. The normalized spacial score (nSPS) is 12.0. The van der Waals surface area contributed by atoms with Gasteiger partial charge in [0.05, 0.1) is 13.2 Å². The van der Waals surface area contributed by atoms with Crippen molar-refractivity contribution in [3.63, 3.8) is 0 Å². The number of methoxy groups -OCH3 is 1. The monoisotopic (exact) mass is 450 g/mol. The molecule has 0 fully saturated rings. The lowest BCUT2D eigenvalue weighted by Crippen LogP contribution is -2.44. The van der Waals surface area contributed by atoms with Crippen molar-refractivity contribution >= 4 is 35.8 Å². The van der Waals surface area contributed by atoms with Crippen LogP contribution in [0.4, 0.5) is 0 Å². The molecule has 1 amide bonds. The van der Waals surface area contributed by atoms with Crippen LogP contribution in [0.5, 0.6) is 5.75 Å². The molecule has 1 aromatic rings. The number of aromatic hydroxyl groups is 1. The fourth-order valence-electron chi connectivity index (χ4n) is 1.90. The van der Waals surface area contributed by atoms with Gasteiger partial charge in [-0.05, 0) is 38.1 Å². The average Bonchev–Trinajstić information content (AvgIpc) is 2.52. The van der Waals surface area contributed by atoms with Crippen molar-refractivity contribution in [2.45, 2.75) is 19.9 Å². The number of nitrogens with zero attached hydrogens (tertiary/aromatic N) is 1. The average molecular weight is 450 g/mol. The van der Waals surface area contributed by atoms with Gasteiger partial charge in [0.1, 0.15) is 5.75 Å². The second-order valence-corrected chi connectivity index (χ2v) is 5.06. The molecule has 0 radical (unpaired) electrons. The predicted molar refractivity (Wildman–Crippen MR) is 106 cm³/mol. The molecule has 7 nitrogen and oxygen atoms in total. The number of rotatable bonds is 8. The number of guanidine groups is 1. The van der Waals surface area contributed by atoms with Gasteiger partial charge in [0.15, 0.2) is 5.96 Å². The number of hydrogen-bond acceptors (Lipinski definition) is 4. The molecule has 136 valence electrons. The van der Waals surface area contributed by atoms with E-state index in [2.05, 4.69) is 20.9 Å². The second-order valence-electron chi connectivity index (χ2n) is 5.06. The molecule has 0 aliphatic heterocycles. The third-order valence-electron chi connectivity index (χ3n) is 2.94. The summed E-state index contributed by atoms with van der Waals surface area (Å²) in [6.07, 6.45) is 0. The Bertz CT molecular complexity index is 509. The molecule has 4 N–H and O–H groups in total. The number of nitrogens with one attached hydrogen (secondary N) is 3. The summed E-state index contributed by atoms with van der Waals surface area (Å²) in [6, 6.07) is 6.26. The minimum Gasteiger partial charge on any atom is -0.508 e. The zero-order chi connectivity index (χ0) is 17.1. The number of benzene rings is 1. The molecule has 1 aromatic carbocycles.